The lowest BCUT2D eigenvalue weighted by Crippen LogP contribution is -2.14. The Kier molecular flexibility index (Phi) is 6.15. The van der Waals surface area contributed by atoms with Crippen LogP contribution < -0.4 is 10.1 Å². The van der Waals surface area contributed by atoms with Gasteiger partial charge in [0.15, 0.2) is 5.82 Å². The van der Waals surface area contributed by atoms with Crippen LogP contribution in [-0.4, -0.2) is 22.2 Å². The summed E-state index contributed by atoms with van der Waals surface area (Å²) in [7, 11) is 0. The molecular weight excluding hydrogens is 368 g/mol. The molecule has 7 nitrogen and oxygen atoms in total. The van der Waals surface area contributed by atoms with Crippen molar-refractivity contribution in [2.75, 3.05) is 11.9 Å². The second-order valence-corrected chi connectivity index (χ2v) is 6.69. The molecule has 1 N–H and O–H groups in total. The van der Waals surface area contributed by atoms with Gasteiger partial charge in [0.05, 0.1) is 6.54 Å². The summed E-state index contributed by atoms with van der Waals surface area (Å²) in [6.45, 7) is 6.82. The van der Waals surface area contributed by atoms with Gasteiger partial charge in [-0.15, -0.1) is 0 Å². The van der Waals surface area contributed by atoms with Gasteiger partial charge < -0.3 is 19.1 Å². The largest absolute Gasteiger partial charge is 0.491 e. The number of aryl methyl sites for hydroxylation is 3. The number of rotatable bonds is 7. The first-order valence-electron chi connectivity index (χ1n) is 9.18. The molecule has 0 aliphatic heterocycles. The zero-order valence-electron chi connectivity index (χ0n) is 16.6. The van der Waals surface area contributed by atoms with E-state index in [4.69, 9.17) is 9.26 Å². The van der Waals surface area contributed by atoms with Gasteiger partial charge in [-0.3, -0.25) is 4.79 Å². The third-order valence-corrected chi connectivity index (χ3v) is 4.31. The van der Waals surface area contributed by atoms with Crippen molar-refractivity contribution in [1.82, 2.24) is 9.72 Å². The van der Waals surface area contributed by atoms with Crippen LogP contribution in [-0.2, 0) is 11.3 Å². The zero-order chi connectivity index (χ0) is 20.8. The standard InChI is InChI=1S/C22H22N4O3/c1-15-6-7-20(16(2)11-15)28-10-9-26-8-4-5-19(26)13-18(14-23)22(27)24-21-12-17(3)29-25-21/h4-8,11-13H,9-10H2,1-3H3,(H,24,25,27)/b18-13-. The maximum absolute atomic E-state index is 12.3. The molecule has 0 atom stereocenters. The van der Waals surface area contributed by atoms with Crippen molar-refractivity contribution < 1.29 is 14.1 Å². The summed E-state index contributed by atoms with van der Waals surface area (Å²) in [5.41, 5.74) is 2.98. The molecule has 0 spiro atoms. The van der Waals surface area contributed by atoms with Crippen LogP contribution in [0.2, 0.25) is 0 Å². The average molecular weight is 390 g/mol. The number of ether oxygens (including phenoxy) is 1. The Morgan fingerprint density at radius 1 is 1.31 bits per heavy atom. The minimum absolute atomic E-state index is 0.0269. The van der Waals surface area contributed by atoms with Crippen molar-refractivity contribution >= 4 is 17.8 Å². The topological polar surface area (TPSA) is 93.1 Å². The smallest absolute Gasteiger partial charge is 0.267 e. The summed E-state index contributed by atoms with van der Waals surface area (Å²) < 4.78 is 12.7. The van der Waals surface area contributed by atoms with Gasteiger partial charge in [0.1, 0.15) is 29.8 Å². The van der Waals surface area contributed by atoms with Crippen LogP contribution in [0, 0.1) is 32.1 Å². The number of nitrogens with one attached hydrogen (secondary N) is 1. The molecule has 3 aromatic rings. The lowest BCUT2D eigenvalue weighted by Gasteiger charge is -2.11. The molecule has 2 heterocycles. The fourth-order valence-electron chi connectivity index (χ4n) is 2.88. The number of nitrogens with zero attached hydrogens (tertiary/aromatic N) is 3. The Labute approximate surface area is 169 Å². The van der Waals surface area contributed by atoms with Crippen LogP contribution in [0.1, 0.15) is 22.6 Å². The van der Waals surface area contributed by atoms with Crippen molar-refractivity contribution in [3.63, 3.8) is 0 Å². The van der Waals surface area contributed by atoms with E-state index in [9.17, 15) is 10.1 Å². The molecule has 1 amide bonds. The van der Waals surface area contributed by atoms with E-state index in [1.807, 2.05) is 54.9 Å². The van der Waals surface area contributed by atoms with E-state index in [1.54, 1.807) is 19.1 Å². The maximum Gasteiger partial charge on any atom is 0.267 e. The fraction of sp³-hybridized carbons (Fsp3) is 0.227. The molecule has 0 radical (unpaired) electrons. The summed E-state index contributed by atoms with van der Waals surface area (Å²) in [6.07, 6.45) is 3.42. The second-order valence-electron chi connectivity index (χ2n) is 6.69. The second kappa shape index (κ2) is 8.93. The Morgan fingerprint density at radius 2 is 2.14 bits per heavy atom. The lowest BCUT2D eigenvalue weighted by molar-refractivity contribution is -0.112. The van der Waals surface area contributed by atoms with Crippen molar-refractivity contribution in [2.24, 2.45) is 0 Å². The highest BCUT2D eigenvalue weighted by Gasteiger charge is 2.13. The predicted molar refractivity (Wildman–Crippen MR) is 109 cm³/mol. The molecule has 3 rings (SSSR count). The molecule has 0 saturated carbocycles. The predicted octanol–water partition coefficient (Wildman–Crippen LogP) is 4.03. The van der Waals surface area contributed by atoms with Crippen molar-refractivity contribution in [3.8, 4) is 11.8 Å². The van der Waals surface area contributed by atoms with E-state index in [1.165, 1.54) is 5.56 Å². The number of carbonyl (C=O) groups excluding carboxylic acids is 1. The minimum atomic E-state index is -0.542. The SMILES string of the molecule is Cc1ccc(OCCn2cccc2/C=C(/C#N)C(=O)Nc2cc(C)on2)c(C)c1. The molecule has 0 aliphatic rings. The van der Waals surface area contributed by atoms with E-state index < -0.39 is 5.91 Å². The van der Waals surface area contributed by atoms with Crippen LogP contribution in [0.15, 0.2) is 52.7 Å². The van der Waals surface area contributed by atoms with Crippen molar-refractivity contribution in [1.29, 1.82) is 5.26 Å². The van der Waals surface area contributed by atoms with Gasteiger partial charge in [-0.25, -0.2) is 0 Å². The zero-order valence-corrected chi connectivity index (χ0v) is 16.6. The number of carbonyl (C=O) groups is 1. The number of nitriles is 1. The van der Waals surface area contributed by atoms with Gasteiger partial charge in [-0.2, -0.15) is 5.26 Å². The highest BCUT2D eigenvalue weighted by Crippen LogP contribution is 2.19. The van der Waals surface area contributed by atoms with Crippen LogP contribution in [0.5, 0.6) is 5.75 Å². The van der Waals surface area contributed by atoms with E-state index in [0.29, 0.717) is 18.9 Å². The highest BCUT2D eigenvalue weighted by molar-refractivity contribution is 6.09. The Balaban J connectivity index is 1.66. The Morgan fingerprint density at radius 3 is 2.83 bits per heavy atom. The molecule has 1 aromatic carbocycles. The molecule has 2 aromatic heterocycles. The molecule has 0 bridgehead atoms. The van der Waals surface area contributed by atoms with Crippen LogP contribution in [0.25, 0.3) is 6.08 Å². The van der Waals surface area contributed by atoms with Gasteiger partial charge in [-0.1, -0.05) is 22.9 Å². The van der Waals surface area contributed by atoms with Crippen LogP contribution >= 0.6 is 0 Å². The van der Waals surface area contributed by atoms with Crippen molar-refractivity contribution in [3.05, 3.63) is 70.7 Å². The van der Waals surface area contributed by atoms with Gasteiger partial charge in [-0.05, 0) is 50.6 Å². The highest BCUT2D eigenvalue weighted by atomic mass is 16.5. The monoisotopic (exact) mass is 390 g/mol. The third-order valence-electron chi connectivity index (χ3n) is 4.31. The van der Waals surface area contributed by atoms with Gasteiger partial charge in [0, 0.05) is 18.0 Å². The van der Waals surface area contributed by atoms with Crippen molar-refractivity contribution in [2.45, 2.75) is 27.3 Å². The number of hydrogen-bond donors (Lipinski definition) is 1. The molecule has 29 heavy (non-hydrogen) atoms. The number of aromatic nitrogens is 2. The lowest BCUT2D eigenvalue weighted by atomic mass is 10.1. The quantitative estimate of drug-likeness (QED) is 0.486. The first-order chi connectivity index (χ1) is 14.0. The average Bonchev–Trinajstić information content (AvgIpc) is 3.30. The summed E-state index contributed by atoms with van der Waals surface area (Å²) in [5.74, 6) is 1.14. The van der Waals surface area contributed by atoms with Gasteiger partial charge in [0.25, 0.3) is 5.91 Å². The fourth-order valence-corrected chi connectivity index (χ4v) is 2.88. The van der Waals surface area contributed by atoms with E-state index >= 15 is 0 Å². The van der Waals surface area contributed by atoms with Crippen LogP contribution in [0.4, 0.5) is 5.82 Å². The normalized spacial score (nSPS) is 11.2. The maximum atomic E-state index is 12.3. The number of anilines is 1. The van der Waals surface area contributed by atoms with E-state index in [-0.39, 0.29) is 11.4 Å². The Bertz CT molecular complexity index is 1090. The first-order valence-corrected chi connectivity index (χ1v) is 9.18. The molecule has 0 fully saturated rings. The molecule has 0 aliphatic carbocycles. The van der Waals surface area contributed by atoms with Gasteiger partial charge >= 0.3 is 0 Å². The molecule has 148 valence electrons. The number of amides is 1. The van der Waals surface area contributed by atoms with E-state index in [2.05, 4.69) is 16.5 Å². The van der Waals surface area contributed by atoms with E-state index in [0.717, 1.165) is 17.0 Å². The molecule has 7 heteroatoms. The summed E-state index contributed by atoms with van der Waals surface area (Å²) in [6, 6.07) is 13.3. The Hall–Kier alpha value is -3.79. The molecular formula is C22H22N4O3. The first kappa shape index (κ1) is 20.0. The summed E-state index contributed by atoms with van der Waals surface area (Å²) in [4.78, 5) is 12.3. The molecule has 0 unspecified atom stereocenters. The molecule has 0 saturated heterocycles. The third kappa shape index (κ3) is 5.14. The summed E-state index contributed by atoms with van der Waals surface area (Å²) in [5, 5.41) is 15.6. The minimum Gasteiger partial charge on any atom is -0.491 e. The number of benzene rings is 1. The van der Waals surface area contributed by atoms with Gasteiger partial charge in [0.2, 0.25) is 0 Å². The van der Waals surface area contributed by atoms with Crippen LogP contribution in [0.3, 0.4) is 0 Å². The number of hydrogen-bond acceptors (Lipinski definition) is 5. The summed E-state index contributed by atoms with van der Waals surface area (Å²) >= 11 is 0.